The summed E-state index contributed by atoms with van der Waals surface area (Å²) in [5, 5.41) is 4.73. The minimum absolute atomic E-state index is 0.193. The Hall–Kier alpha value is -1.64. The van der Waals surface area contributed by atoms with Crippen LogP contribution in [0.2, 0.25) is 0 Å². The number of nitrogens with zero attached hydrogens (tertiary/aromatic N) is 2. The van der Waals surface area contributed by atoms with Crippen molar-refractivity contribution < 1.29 is 4.39 Å². The van der Waals surface area contributed by atoms with Gasteiger partial charge >= 0.3 is 0 Å². The normalized spacial score (nSPS) is 19.2. The topological polar surface area (TPSA) is 17.8 Å². The summed E-state index contributed by atoms with van der Waals surface area (Å²) in [6.45, 7) is 0. The van der Waals surface area contributed by atoms with Crippen molar-refractivity contribution in [1.82, 2.24) is 9.78 Å². The molecule has 0 unspecified atom stereocenters. The lowest BCUT2D eigenvalue weighted by Gasteiger charge is -2.06. The second kappa shape index (κ2) is 3.67. The maximum atomic E-state index is 13.0. The van der Waals surface area contributed by atoms with Crippen LogP contribution >= 0.6 is 0 Å². The molecule has 0 amide bonds. The third-order valence-electron chi connectivity index (χ3n) is 3.82. The van der Waals surface area contributed by atoms with Crippen molar-refractivity contribution in [3.8, 4) is 5.69 Å². The molecule has 3 heteroatoms. The Morgan fingerprint density at radius 3 is 2.28 bits per heavy atom. The summed E-state index contributed by atoms with van der Waals surface area (Å²) in [6, 6.07) is 8.89. The predicted octanol–water partition coefficient (Wildman–Crippen LogP) is 3.77. The maximum absolute atomic E-state index is 13.0. The van der Waals surface area contributed by atoms with E-state index in [1.807, 2.05) is 16.8 Å². The van der Waals surface area contributed by atoms with E-state index in [0.29, 0.717) is 11.8 Å². The molecular weight excluding hydrogens is 227 g/mol. The lowest BCUT2D eigenvalue weighted by molar-refractivity contribution is 0.626. The van der Waals surface area contributed by atoms with Crippen molar-refractivity contribution in [1.29, 1.82) is 0 Å². The van der Waals surface area contributed by atoms with Gasteiger partial charge in [0.05, 0.1) is 11.4 Å². The van der Waals surface area contributed by atoms with E-state index < -0.39 is 0 Å². The molecule has 0 aliphatic heterocycles. The monoisotopic (exact) mass is 242 g/mol. The fourth-order valence-electron chi connectivity index (χ4n) is 2.45. The number of halogens is 1. The van der Waals surface area contributed by atoms with Crippen LogP contribution in [-0.4, -0.2) is 9.78 Å². The smallest absolute Gasteiger partial charge is 0.123 e. The molecule has 1 aromatic heterocycles. The molecule has 92 valence electrons. The van der Waals surface area contributed by atoms with E-state index in [1.165, 1.54) is 49.2 Å². The molecule has 2 aliphatic rings. The molecule has 2 fully saturated rings. The number of benzene rings is 1. The number of aromatic nitrogens is 2. The van der Waals surface area contributed by atoms with Crippen LogP contribution in [0, 0.1) is 5.82 Å². The average Bonchev–Trinajstić information content (AvgIpc) is 3.29. The second-order valence-electron chi connectivity index (χ2n) is 5.43. The van der Waals surface area contributed by atoms with E-state index in [1.54, 1.807) is 0 Å². The third-order valence-corrected chi connectivity index (χ3v) is 3.82. The van der Waals surface area contributed by atoms with Crippen LogP contribution < -0.4 is 0 Å². The summed E-state index contributed by atoms with van der Waals surface area (Å²) in [5.41, 5.74) is 3.51. The van der Waals surface area contributed by atoms with Gasteiger partial charge in [0.25, 0.3) is 0 Å². The van der Waals surface area contributed by atoms with Gasteiger partial charge in [-0.25, -0.2) is 9.07 Å². The molecule has 4 rings (SSSR count). The van der Waals surface area contributed by atoms with Gasteiger partial charge in [-0.05, 0) is 56.0 Å². The van der Waals surface area contributed by atoms with Crippen LogP contribution in [-0.2, 0) is 0 Å². The molecule has 2 nitrogen and oxygen atoms in total. The Labute approximate surface area is 105 Å². The Balaban J connectivity index is 1.79. The molecule has 0 radical (unpaired) electrons. The van der Waals surface area contributed by atoms with Gasteiger partial charge in [-0.1, -0.05) is 0 Å². The maximum Gasteiger partial charge on any atom is 0.123 e. The van der Waals surface area contributed by atoms with E-state index in [-0.39, 0.29) is 5.82 Å². The molecule has 1 aromatic carbocycles. The first-order valence-corrected chi connectivity index (χ1v) is 6.67. The van der Waals surface area contributed by atoms with Gasteiger partial charge in [-0.3, -0.25) is 0 Å². The summed E-state index contributed by atoms with van der Waals surface area (Å²) in [6.07, 6.45) is 5.06. The zero-order valence-corrected chi connectivity index (χ0v) is 10.1. The molecular formula is C15H15FN2. The fraction of sp³-hybridized carbons (Fsp3) is 0.400. The van der Waals surface area contributed by atoms with Crippen molar-refractivity contribution in [2.24, 2.45) is 0 Å². The molecule has 1 heterocycles. The van der Waals surface area contributed by atoms with Crippen LogP contribution in [0.1, 0.15) is 48.9 Å². The number of hydrogen-bond donors (Lipinski definition) is 0. The van der Waals surface area contributed by atoms with Gasteiger partial charge in [-0.15, -0.1) is 0 Å². The van der Waals surface area contributed by atoms with Gasteiger partial charge in [0, 0.05) is 17.5 Å². The quantitative estimate of drug-likeness (QED) is 0.801. The molecule has 0 bridgehead atoms. The SMILES string of the molecule is Fc1ccc(-n2nc(C3CC3)cc2C2CC2)cc1. The zero-order valence-electron chi connectivity index (χ0n) is 10.1. The highest BCUT2D eigenvalue weighted by atomic mass is 19.1. The molecule has 0 atom stereocenters. The van der Waals surface area contributed by atoms with E-state index in [4.69, 9.17) is 5.10 Å². The Morgan fingerprint density at radius 2 is 1.67 bits per heavy atom. The van der Waals surface area contributed by atoms with Crippen LogP contribution in [0.15, 0.2) is 30.3 Å². The van der Waals surface area contributed by atoms with E-state index in [9.17, 15) is 4.39 Å². The predicted molar refractivity (Wildman–Crippen MR) is 67.5 cm³/mol. The second-order valence-corrected chi connectivity index (χ2v) is 5.43. The highest BCUT2D eigenvalue weighted by Crippen LogP contribution is 2.45. The Bertz CT molecular complexity index is 577. The lowest BCUT2D eigenvalue weighted by Crippen LogP contribution is -2.01. The summed E-state index contributed by atoms with van der Waals surface area (Å²) >= 11 is 0. The van der Waals surface area contributed by atoms with Gasteiger partial charge in [0.1, 0.15) is 5.82 Å². The van der Waals surface area contributed by atoms with Crippen molar-refractivity contribution in [2.75, 3.05) is 0 Å². The third kappa shape index (κ3) is 1.74. The molecule has 2 saturated carbocycles. The molecule has 18 heavy (non-hydrogen) atoms. The summed E-state index contributed by atoms with van der Waals surface area (Å²) < 4.78 is 15.0. The van der Waals surface area contributed by atoms with Gasteiger partial charge in [0.15, 0.2) is 0 Å². The van der Waals surface area contributed by atoms with Gasteiger partial charge in [0.2, 0.25) is 0 Å². The average molecular weight is 242 g/mol. The van der Waals surface area contributed by atoms with Crippen LogP contribution in [0.25, 0.3) is 5.69 Å². The van der Waals surface area contributed by atoms with Crippen molar-refractivity contribution in [2.45, 2.75) is 37.5 Å². The first-order valence-electron chi connectivity index (χ1n) is 6.67. The summed E-state index contributed by atoms with van der Waals surface area (Å²) in [5.74, 6) is 1.14. The lowest BCUT2D eigenvalue weighted by atomic mass is 10.2. The highest BCUT2D eigenvalue weighted by Gasteiger charge is 2.32. The van der Waals surface area contributed by atoms with Crippen LogP contribution in [0.5, 0.6) is 0 Å². The number of rotatable bonds is 3. The first kappa shape index (κ1) is 10.3. The van der Waals surface area contributed by atoms with Crippen molar-refractivity contribution >= 4 is 0 Å². The van der Waals surface area contributed by atoms with E-state index >= 15 is 0 Å². The highest BCUT2D eigenvalue weighted by molar-refractivity contribution is 5.37. The minimum atomic E-state index is -0.193. The van der Waals surface area contributed by atoms with Gasteiger partial charge in [-0.2, -0.15) is 5.10 Å². The molecule has 2 aromatic rings. The molecule has 2 aliphatic carbocycles. The summed E-state index contributed by atoms with van der Waals surface area (Å²) in [4.78, 5) is 0. The standard InChI is InChI=1S/C15H15FN2/c16-12-5-7-13(8-6-12)18-15(11-3-4-11)9-14(17-18)10-1-2-10/h5-11H,1-4H2. The van der Waals surface area contributed by atoms with Crippen LogP contribution in [0.4, 0.5) is 4.39 Å². The van der Waals surface area contributed by atoms with Gasteiger partial charge < -0.3 is 0 Å². The Morgan fingerprint density at radius 1 is 1.00 bits per heavy atom. The molecule has 0 saturated heterocycles. The summed E-state index contributed by atoms with van der Waals surface area (Å²) in [7, 11) is 0. The van der Waals surface area contributed by atoms with Crippen molar-refractivity contribution in [3.05, 3.63) is 47.5 Å². The minimum Gasteiger partial charge on any atom is -0.237 e. The van der Waals surface area contributed by atoms with E-state index in [2.05, 4.69) is 6.07 Å². The fourth-order valence-corrected chi connectivity index (χ4v) is 2.45. The largest absolute Gasteiger partial charge is 0.237 e. The molecule has 0 N–H and O–H groups in total. The first-order chi connectivity index (χ1) is 8.81. The Kier molecular flexibility index (Phi) is 2.10. The number of hydrogen-bond acceptors (Lipinski definition) is 1. The molecule has 0 spiro atoms. The zero-order chi connectivity index (χ0) is 12.1. The van der Waals surface area contributed by atoms with Crippen LogP contribution in [0.3, 0.4) is 0 Å². The van der Waals surface area contributed by atoms with E-state index in [0.717, 1.165) is 5.69 Å². The van der Waals surface area contributed by atoms with Crippen molar-refractivity contribution in [3.63, 3.8) is 0 Å².